The molecule has 0 bridgehead atoms. The van der Waals surface area contributed by atoms with Gasteiger partial charge in [0.05, 0.1) is 12.0 Å². The van der Waals surface area contributed by atoms with Gasteiger partial charge < -0.3 is 21.2 Å². The number of carboxylic acid groups (broad SMARTS) is 1. The molecule has 0 rings (SSSR count). The summed E-state index contributed by atoms with van der Waals surface area (Å²) < 4.78 is 0. The molecule has 0 unspecified atom stereocenters. The second-order valence-corrected chi connectivity index (χ2v) is 3.05. The monoisotopic (exact) mass is 288 g/mol. The van der Waals surface area contributed by atoms with Gasteiger partial charge >= 0.3 is 5.97 Å². The van der Waals surface area contributed by atoms with E-state index in [0.29, 0.717) is 0 Å². The normalized spacial score (nSPS) is 9.70. The molecule has 0 radical (unpaired) electrons. The van der Waals surface area contributed by atoms with Crippen molar-refractivity contribution in [1.82, 2.24) is 16.1 Å². The molecule has 0 saturated heterocycles. The summed E-state index contributed by atoms with van der Waals surface area (Å²) in [6.07, 6.45) is 2.26. The largest absolute Gasteiger partial charge is 0.478 e. The van der Waals surface area contributed by atoms with Crippen molar-refractivity contribution in [2.45, 2.75) is 20.8 Å². The lowest BCUT2D eigenvalue weighted by Gasteiger charge is -2.00. The summed E-state index contributed by atoms with van der Waals surface area (Å²) in [6.45, 7) is 1.86. The highest BCUT2D eigenvalue weighted by Gasteiger charge is 2.12. The molecule has 0 aromatic heterocycles. The molecule has 0 saturated carbocycles. The number of hydrogen-bond donors (Lipinski definition) is 4. The lowest BCUT2D eigenvalue weighted by Crippen LogP contribution is -2.22. The predicted octanol–water partition coefficient (Wildman–Crippen LogP) is -0.273. The zero-order valence-corrected chi connectivity index (χ0v) is 11.5. The summed E-state index contributed by atoms with van der Waals surface area (Å²) >= 11 is 0. The van der Waals surface area contributed by atoms with E-state index in [4.69, 9.17) is 5.11 Å². The van der Waals surface area contributed by atoms with E-state index in [1.54, 1.807) is 13.3 Å². The molecule has 0 spiro atoms. The Bertz CT molecular complexity index is 364. The molecule has 0 heterocycles. The van der Waals surface area contributed by atoms with Crippen LogP contribution in [0.1, 0.15) is 20.8 Å². The van der Waals surface area contributed by atoms with Gasteiger partial charge in [-0.2, -0.15) is 5.10 Å². The predicted molar refractivity (Wildman–Crippen MR) is 78.4 cm³/mol. The minimum absolute atomic E-state index is 0. The third-order valence-electron chi connectivity index (χ3n) is 1.71. The van der Waals surface area contributed by atoms with Crippen molar-refractivity contribution in [3.8, 4) is 0 Å². The van der Waals surface area contributed by atoms with E-state index in [1.807, 2.05) is 6.92 Å². The fraction of sp³-hybridized carbons (Fsp3) is 0.500. The van der Waals surface area contributed by atoms with Gasteiger partial charge in [-0.05, 0) is 6.92 Å². The minimum Gasteiger partial charge on any atom is -0.478 e. The Balaban J connectivity index is -0.000000414. The maximum absolute atomic E-state index is 10.8. The van der Waals surface area contributed by atoms with Crippen LogP contribution in [0.25, 0.3) is 0 Å². The first kappa shape index (κ1) is 22.8. The molecule has 8 nitrogen and oxygen atoms in total. The van der Waals surface area contributed by atoms with Gasteiger partial charge in [0, 0.05) is 33.4 Å². The summed E-state index contributed by atoms with van der Waals surface area (Å²) in [5.41, 5.74) is 2.34. The summed E-state index contributed by atoms with van der Waals surface area (Å²) in [4.78, 5) is 32.2. The fourth-order valence-electron chi connectivity index (χ4n) is 0.809. The van der Waals surface area contributed by atoms with Crippen molar-refractivity contribution in [3.63, 3.8) is 0 Å². The quantitative estimate of drug-likeness (QED) is 0.315. The maximum atomic E-state index is 10.8. The summed E-state index contributed by atoms with van der Waals surface area (Å²) in [6, 6.07) is 0. The number of hydrogen-bond acceptors (Lipinski definition) is 5. The highest BCUT2D eigenvalue weighted by atomic mass is 16.4. The molecule has 0 aliphatic heterocycles. The third-order valence-corrected chi connectivity index (χ3v) is 1.71. The van der Waals surface area contributed by atoms with Gasteiger partial charge in [-0.1, -0.05) is 7.43 Å². The smallest absolute Gasteiger partial charge is 0.332 e. The lowest BCUT2D eigenvalue weighted by molar-refractivity contribution is -0.134. The number of hydrazone groups is 1. The lowest BCUT2D eigenvalue weighted by atomic mass is 10.1. The van der Waals surface area contributed by atoms with Gasteiger partial charge in [0.1, 0.15) is 0 Å². The van der Waals surface area contributed by atoms with Gasteiger partial charge in [-0.25, -0.2) is 4.79 Å². The number of carbonyl (C=O) groups excluding carboxylic acids is 2. The molecule has 0 aromatic rings. The van der Waals surface area contributed by atoms with Crippen LogP contribution in [0.4, 0.5) is 0 Å². The van der Waals surface area contributed by atoms with E-state index < -0.39 is 17.8 Å². The molecule has 0 atom stereocenters. The fourth-order valence-corrected chi connectivity index (χ4v) is 0.809. The van der Waals surface area contributed by atoms with Gasteiger partial charge in [-0.15, -0.1) is 0 Å². The van der Waals surface area contributed by atoms with E-state index in [9.17, 15) is 14.4 Å². The van der Waals surface area contributed by atoms with Crippen LogP contribution < -0.4 is 16.1 Å². The van der Waals surface area contributed by atoms with Crippen LogP contribution in [0.5, 0.6) is 0 Å². The topological polar surface area (TPSA) is 120 Å². The van der Waals surface area contributed by atoms with Crippen molar-refractivity contribution >= 4 is 24.0 Å². The van der Waals surface area contributed by atoms with Crippen molar-refractivity contribution in [2.75, 3.05) is 21.1 Å². The van der Waals surface area contributed by atoms with Crippen LogP contribution in [-0.4, -0.2) is 50.2 Å². The first-order valence-corrected chi connectivity index (χ1v) is 5.43. The standard InChI is InChI=1S/C8H12N2O4.C3H8N2.CH4/c1-9-6(11)3-5(8(13)14)4-7(12)10-2;1-3-5-4-2;/h3H,4H2,1-2H3,(H,9,11)(H,10,12)(H,13,14);3-4H,1-2H3;1H4/b5-3-;;. The molecule has 20 heavy (non-hydrogen) atoms. The van der Waals surface area contributed by atoms with Gasteiger partial charge in [0.15, 0.2) is 0 Å². The zero-order chi connectivity index (χ0) is 15.3. The van der Waals surface area contributed by atoms with Crippen LogP contribution in [-0.2, 0) is 14.4 Å². The van der Waals surface area contributed by atoms with Crippen molar-refractivity contribution in [2.24, 2.45) is 5.10 Å². The Morgan fingerprint density at radius 1 is 1.15 bits per heavy atom. The molecule has 0 fully saturated rings. The van der Waals surface area contributed by atoms with Crippen molar-refractivity contribution in [3.05, 3.63) is 11.6 Å². The van der Waals surface area contributed by atoms with Gasteiger partial charge in [0.2, 0.25) is 11.8 Å². The number of carboxylic acids is 1. The number of nitrogens with one attached hydrogen (secondary N) is 3. The Morgan fingerprint density at radius 3 is 1.95 bits per heavy atom. The van der Waals surface area contributed by atoms with E-state index in [2.05, 4.69) is 21.2 Å². The van der Waals surface area contributed by atoms with E-state index >= 15 is 0 Å². The Kier molecular flexibility index (Phi) is 16.7. The molecule has 0 aromatic carbocycles. The third kappa shape index (κ3) is 13.7. The van der Waals surface area contributed by atoms with E-state index in [1.165, 1.54) is 14.1 Å². The van der Waals surface area contributed by atoms with Crippen LogP contribution in [0, 0.1) is 0 Å². The zero-order valence-electron chi connectivity index (χ0n) is 11.5. The second kappa shape index (κ2) is 14.7. The molecule has 2 amide bonds. The number of carbonyl (C=O) groups is 3. The molecule has 0 aliphatic carbocycles. The summed E-state index contributed by atoms with van der Waals surface area (Å²) in [7, 11) is 4.53. The van der Waals surface area contributed by atoms with E-state index in [0.717, 1.165) is 6.08 Å². The van der Waals surface area contributed by atoms with Gasteiger partial charge in [-0.3, -0.25) is 9.59 Å². The van der Waals surface area contributed by atoms with Crippen molar-refractivity contribution < 1.29 is 19.5 Å². The van der Waals surface area contributed by atoms with Crippen LogP contribution in [0.3, 0.4) is 0 Å². The molecular weight excluding hydrogens is 264 g/mol. The van der Waals surface area contributed by atoms with E-state index in [-0.39, 0.29) is 19.4 Å². The SMILES string of the molecule is C.CC=NNC.CNC(=O)/C=C(/CC(=O)NC)C(=O)O. The summed E-state index contributed by atoms with van der Waals surface area (Å²) in [5, 5.41) is 16.7. The first-order valence-electron chi connectivity index (χ1n) is 5.43. The van der Waals surface area contributed by atoms with Crippen LogP contribution in [0.2, 0.25) is 0 Å². The molecule has 4 N–H and O–H groups in total. The number of rotatable bonds is 5. The van der Waals surface area contributed by atoms with Crippen LogP contribution >= 0.6 is 0 Å². The molecule has 0 aliphatic rings. The highest BCUT2D eigenvalue weighted by molar-refractivity contribution is 6.01. The average Bonchev–Trinajstić information content (AvgIpc) is 2.39. The minimum atomic E-state index is -1.28. The highest BCUT2D eigenvalue weighted by Crippen LogP contribution is 2.01. The molecular formula is C12H24N4O4. The van der Waals surface area contributed by atoms with Crippen LogP contribution in [0.15, 0.2) is 16.8 Å². The Morgan fingerprint density at radius 2 is 1.70 bits per heavy atom. The Labute approximate surface area is 119 Å². The number of amides is 2. The Hall–Kier alpha value is -2.38. The summed E-state index contributed by atoms with van der Waals surface area (Å²) in [5.74, 6) is -2.29. The first-order chi connectivity index (χ1) is 8.92. The molecule has 8 heteroatoms. The number of aliphatic carboxylic acids is 1. The average molecular weight is 288 g/mol. The number of likely N-dealkylation sites (N-methyl/N-ethyl adjacent to an activating group) is 1. The number of nitrogens with zero attached hydrogens (tertiary/aromatic N) is 1. The van der Waals surface area contributed by atoms with Gasteiger partial charge in [0.25, 0.3) is 0 Å². The van der Waals surface area contributed by atoms with Crippen molar-refractivity contribution in [1.29, 1.82) is 0 Å². The second-order valence-electron chi connectivity index (χ2n) is 3.05. The maximum Gasteiger partial charge on any atom is 0.332 e. The molecule has 116 valence electrons.